The Labute approximate surface area is 147 Å². The number of hydrogen-bond donors (Lipinski definition) is 0. The lowest BCUT2D eigenvalue weighted by Gasteiger charge is -2.32. The normalized spacial score (nSPS) is 18.2. The molecule has 0 bridgehead atoms. The molecule has 6 heteroatoms. The number of carbonyl (C=O) groups excluding carboxylic acids is 1. The van der Waals surface area contributed by atoms with Gasteiger partial charge < -0.3 is 9.47 Å². The predicted molar refractivity (Wildman–Crippen MR) is 96.3 cm³/mol. The van der Waals surface area contributed by atoms with Gasteiger partial charge in [0.1, 0.15) is 12.2 Å². The van der Waals surface area contributed by atoms with Crippen LogP contribution in [0.3, 0.4) is 0 Å². The van der Waals surface area contributed by atoms with Crippen molar-refractivity contribution < 1.29 is 4.79 Å². The van der Waals surface area contributed by atoms with Crippen LogP contribution in [0.25, 0.3) is 0 Å². The number of piperidine rings is 1. The lowest BCUT2D eigenvalue weighted by atomic mass is 9.96. The Morgan fingerprint density at radius 2 is 2.12 bits per heavy atom. The van der Waals surface area contributed by atoms with Crippen LogP contribution < -0.4 is 0 Å². The number of thioether (sulfide) groups is 1. The van der Waals surface area contributed by atoms with Crippen molar-refractivity contribution in [3.05, 3.63) is 42.0 Å². The first-order chi connectivity index (χ1) is 11.6. The number of amides is 1. The molecule has 0 radical (unpaired) electrons. The van der Waals surface area contributed by atoms with Gasteiger partial charge in [-0.15, -0.1) is 22.0 Å². The van der Waals surface area contributed by atoms with Crippen molar-refractivity contribution in [2.75, 3.05) is 13.1 Å². The summed E-state index contributed by atoms with van der Waals surface area (Å²) in [4.78, 5) is 16.1. The first kappa shape index (κ1) is 17.0. The van der Waals surface area contributed by atoms with Crippen LogP contribution in [0, 0.1) is 0 Å². The summed E-state index contributed by atoms with van der Waals surface area (Å²) in [6.07, 6.45) is 3.78. The largest absolute Gasteiger partial charge is 0.338 e. The minimum Gasteiger partial charge on any atom is -0.338 e. The highest BCUT2D eigenvalue weighted by atomic mass is 32.2. The average molecular weight is 344 g/mol. The molecule has 0 spiro atoms. The fourth-order valence-corrected chi connectivity index (χ4v) is 4.15. The lowest BCUT2D eigenvalue weighted by molar-refractivity contribution is 0.0700. The Bertz CT molecular complexity index is 713. The standard InChI is InChI=1S/C18H24N4OS/c1-13(2)24-16-9-5-4-8-15(16)18(23)22-10-6-7-14(11-22)17-20-19-12-21(17)3/h4-5,8-9,12-14H,6-7,10-11H2,1-3H3/t14-/m1/s1. The molecule has 128 valence electrons. The van der Waals surface area contributed by atoms with Crippen LogP contribution >= 0.6 is 11.8 Å². The van der Waals surface area contributed by atoms with Gasteiger partial charge in [0.2, 0.25) is 0 Å². The van der Waals surface area contributed by atoms with Crippen molar-refractivity contribution in [3.63, 3.8) is 0 Å². The Kier molecular flexibility index (Phi) is 5.23. The highest BCUT2D eigenvalue weighted by Crippen LogP contribution is 2.30. The smallest absolute Gasteiger partial charge is 0.255 e. The van der Waals surface area contributed by atoms with E-state index in [1.54, 1.807) is 18.1 Å². The number of benzene rings is 1. The first-order valence-electron chi connectivity index (χ1n) is 8.45. The monoisotopic (exact) mass is 344 g/mol. The third-order valence-electron chi connectivity index (χ3n) is 4.30. The molecule has 0 aliphatic carbocycles. The first-order valence-corrected chi connectivity index (χ1v) is 9.33. The van der Waals surface area contributed by atoms with E-state index >= 15 is 0 Å². The van der Waals surface area contributed by atoms with Gasteiger partial charge in [-0.3, -0.25) is 4.79 Å². The van der Waals surface area contributed by atoms with Gasteiger partial charge in [-0.1, -0.05) is 26.0 Å². The van der Waals surface area contributed by atoms with Crippen molar-refractivity contribution in [3.8, 4) is 0 Å². The molecule has 1 atom stereocenters. The Morgan fingerprint density at radius 3 is 2.83 bits per heavy atom. The minimum atomic E-state index is 0.130. The Hall–Kier alpha value is -1.82. The van der Waals surface area contributed by atoms with Crippen LogP contribution in [0.4, 0.5) is 0 Å². The number of rotatable bonds is 4. The van der Waals surface area contributed by atoms with Crippen LogP contribution in [0.15, 0.2) is 35.5 Å². The molecular formula is C18H24N4OS. The zero-order chi connectivity index (χ0) is 17.1. The number of aryl methyl sites for hydroxylation is 1. The average Bonchev–Trinajstić information content (AvgIpc) is 3.00. The van der Waals surface area contributed by atoms with Crippen LogP contribution in [-0.2, 0) is 7.05 Å². The van der Waals surface area contributed by atoms with E-state index in [-0.39, 0.29) is 11.8 Å². The second-order valence-corrected chi connectivity index (χ2v) is 8.17. The fraction of sp³-hybridized carbons (Fsp3) is 0.500. The molecule has 2 aromatic rings. The third-order valence-corrected chi connectivity index (χ3v) is 5.38. The molecule has 1 aromatic heterocycles. The maximum absolute atomic E-state index is 13.1. The minimum absolute atomic E-state index is 0.130. The SMILES string of the molecule is CC(C)Sc1ccccc1C(=O)N1CCC[C@@H](c2nncn2C)C1. The topological polar surface area (TPSA) is 51.0 Å². The van der Waals surface area contributed by atoms with Gasteiger partial charge in [0.15, 0.2) is 0 Å². The third kappa shape index (κ3) is 3.64. The van der Waals surface area contributed by atoms with Crippen molar-refractivity contribution in [1.29, 1.82) is 0 Å². The van der Waals surface area contributed by atoms with E-state index in [0.717, 1.165) is 35.7 Å². The van der Waals surface area contributed by atoms with E-state index in [1.165, 1.54) is 0 Å². The van der Waals surface area contributed by atoms with E-state index in [2.05, 4.69) is 24.0 Å². The number of hydrogen-bond acceptors (Lipinski definition) is 4. The molecule has 1 aliphatic rings. The van der Waals surface area contributed by atoms with Gasteiger partial charge in [-0.2, -0.15) is 0 Å². The maximum atomic E-state index is 13.1. The molecule has 1 saturated heterocycles. The van der Waals surface area contributed by atoms with Gasteiger partial charge in [-0.25, -0.2) is 0 Å². The molecule has 24 heavy (non-hydrogen) atoms. The predicted octanol–water partition coefficient (Wildman–Crippen LogP) is 3.34. The van der Waals surface area contributed by atoms with Gasteiger partial charge >= 0.3 is 0 Å². The van der Waals surface area contributed by atoms with Crippen LogP contribution in [0.1, 0.15) is 48.8 Å². The second-order valence-electron chi connectivity index (χ2n) is 6.55. The summed E-state index contributed by atoms with van der Waals surface area (Å²) in [6.45, 7) is 5.83. The fourth-order valence-electron chi connectivity index (χ4n) is 3.20. The molecule has 3 rings (SSSR count). The zero-order valence-electron chi connectivity index (χ0n) is 14.5. The van der Waals surface area contributed by atoms with E-state index in [9.17, 15) is 4.79 Å². The molecule has 1 aliphatic heterocycles. The van der Waals surface area contributed by atoms with Crippen molar-refractivity contribution in [1.82, 2.24) is 19.7 Å². The zero-order valence-corrected chi connectivity index (χ0v) is 15.3. The highest BCUT2D eigenvalue weighted by molar-refractivity contribution is 8.00. The van der Waals surface area contributed by atoms with Gasteiger partial charge in [0, 0.05) is 36.2 Å². The molecule has 1 amide bonds. The number of nitrogens with zero attached hydrogens (tertiary/aromatic N) is 4. The molecule has 1 fully saturated rings. The summed E-state index contributed by atoms with van der Waals surface area (Å²) in [6, 6.07) is 7.93. The molecule has 0 unspecified atom stereocenters. The summed E-state index contributed by atoms with van der Waals surface area (Å²) < 4.78 is 1.96. The van der Waals surface area contributed by atoms with Gasteiger partial charge in [-0.05, 0) is 25.0 Å². The quantitative estimate of drug-likeness (QED) is 0.798. The lowest BCUT2D eigenvalue weighted by Crippen LogP contribution is -2.40. The number of carbonyl (C=O) groups is 1. The van der Waals surface area contributed by atoms with Crippen molar-refractivity contribution >= 4 is 17.7 Å². The summed E-state index contributed by atoms with van der Waals surface area (Å²) in [7, 11) is 1.96. The maximum Gasteiger partial charge on any atom is 0.255 e. The second kappa shape index (κ2) is 7.38. The van der Waals surface area contributed by atoms with Gasteiger partial charge in [0.25, 0.3) is 5.91 Å². The van der Waals surface area contributed by atoms with Crippen LogP contribution in [0.5, 0.6) is 0 Å². The summed E-state index contributed by atoms with van der Waals surface area (Å²) in [5.74, 6) is 1.36. The van der Waals surface area contributed by atoms with Gasteiger partial charge in [0.05, 0.1) is 5.56 Å². The van der Waals surface area contributed by atoms with E-state index < -0.39 is 0 Å². The molecule has 1 aromatic carbocycles. The molecule has 2 heterocycles. The highest BCUT2D eigenvalue weighted by Gasteiger charge is 2.28. The Balaban J connectivity index is 1.79. The van der Waals surface area contributed by atoms with E-state index in [0.29, 0.717) is 11.8 Å². The van der Waals surface area contributed by atoms with E-state index in [4.69, 9.17) is 0 Å². The summed E-state index contributed by atoms with van der Waals surface area (Å²) in [5.41, 5.74) is 0.815. The molecule has 5 nitrogen and oxygen atoms in total. The summed E-state index contributed by atoms with van der Waals surface area (Å²) >= 11 is 1.74. The number of aromatic nitrogens is 3. The van der Waals surface area contributed by atoms with Crippen LogP contribution in [0.2, 0.25) is 0 Å². The summed E-state index contributed by atoms with van der Waals surface area (Å²) in [5, 5.41) is 8.66. The van der Waals surface area contributed by atoms with Crippen molar-refractivity contribution in [2.45, 2.75) is 42.8 Å². The molecule has 0 N–H and O–H groups in total. The van der Waals surface area contributed by atoms with E-state index in [1.807, 2.05) is 40.8 Å². The molecular weight excluding hydrogens is 320 g/mol. The van der Waals surface area contributed by atoms with Crippen LogP contribution in [-0.4, -0.2) is 43.9 Å². The number of likely N-dealkylation sites (tertiary alicyclic amines) is 1. The van der Waals surface area contributed by atoms with Crippen molar-refractivity contribution in [2.24, 2.45) is 7.05 Å². The Morgan fingerprint density at radius 1 is 1.33 bits per heavy atom. The molecule has 0 saturated carbocycles.